The van der Waals surface area contributed by atoms with Crippen LogP contribution < -0.4 is 10.2 Å². The van der Waals surface area contributed by atoms with Crippen LogP contribution in [0, 0.1) is 11.7 Å². The van der Waals surface area contributed by atoms with E-state index in [1.807, 2.05) is 23.6 Å². The van der Waals surface area contributed by atoms with Gasteiger partial charge in [0.1, 0.15) is 5.82 Å². The predicted octanol–water partition coefficient (Wildman–Crippen LogP) is 3.46. The van der Waals surface area contributed by atoms with Gasteiger partial charge in [0.2, 0.25) is 5.91 Å². The quantitative estimate of drug-likeness (QED) is 0.878. The number of hydrogen-bond donors (Lipinski definition) is 1. The highest BCUT2D eigenvalue weighted by atomic mass is 32.1. The second-order valence-corrected chi connectivity index (χ2v) is 6.99. The third kappa shape index (κ3) is 4.55. The first-order chi connectivity index (χ1) is 11.2. The maximum Gasteiger partial charge on any atom is 0.220 e. The van der Waals surface area contributed by atoms with E-state index in [4.69, 9.17) is 0 Å². The third-order valence-corrected chi connectivity index (χ3v) is 5.18. The summed E-state index contributed by atoms with van der Waals surface area (Å²) in [5.74, 6) is 0.381. The molecule has 2 aromatic rings. The van der Waals surface area contributed by atoms with Crippen molar-refractivity contribution in [2.45, 2.75) is 19.3 Å². The lowest BCUT2D eigenvalue weighted by molar-refractivity contribution is -0.121. The second-order valence-electron chi connectivity index (χ2n) is 5.96. The van der Waals surface area contributed by atoms with Crippen molar-refractivity contribution in [3.63, 3.8) is 0 Å². The number of carbonyl (C=O) groups is 1. The third-order valence-electron chi connectivity index (χ3n) is 4.24. The average molecular weight is 332 g/mol. The van der Waals surface area contributed by atoms with Gasteiger partial charge >= 0.3 is 0 Å². The molecule has 122 valence electrons. The number of benzene rings is 1. The van der Waals surface area contributed by atoms with Crippen molar-refractivity contribution in [2.75, 3.05) is 24.5 Å². The van der Waals surface area contributed by atoms with Crippen LogP contribution in [0.1, 0.15) is 17.7 Å². The minimum atomic E-state index is -0.206. The van der Waals surface area contributed by atoms with Crippen LogP contribution in [0.5, 0.6) is 0 Å². The Morgan fingerprint density at radius 3 is 2.87 bits per heavy atom. The van der Waals surface area contributed by atoms with Gasteiger partial charge in [0.25, 0.3) is 0 Å². The van der Waals surface area contributed by atoms with Gasteiger partial charge in [0.15, 0.2) is 0 Å². The lowest BCUT2D eigenvalue weighted by Crippen LogP contribution is -2.31. The van der Waals surface area contributed by atoms with Crippen molar-refractivity contribution in [1.82, 2.24) is 5.32 Å². The molecule has 23 heavy (non-hydrogen) atoms. The zero-order valence-electron chi connectivity index (χ0n) is 13.0. The molecule has 1 aromatic carbocycles. The molecule has 0 radical (unpaired) electrons. The Labute approximate surface area is 140 Å². The van der Waals surface area contributed by atoms with Crippen molar-refractivity contribution in [3.8, 4) is 0 Å². The van der Waals surface area contributed by atoms with Crippen molar-refractivity contribution >= 4 is 22.9 Å². The summed E-state index contributed by atoms with van der Waals surface area (Å²) in [6, 6.07) is 10.7. The van der Waals surface area contributed by atoms with E-state index in [9.17, 15) is 9.18 Å². The minimum Gasteiger partial charge on any atom is -0.371 e. The van der Waals surface area contributed by atoms with Crippen molar-refractivity contribution < 1.29 is 9.18 Å². The summed E-state index contributed by atoms with van der Waals surface area (Å²) in [4.78, 5) is 15.4. The summed E-state index contributed by atoms with van der Waals surface area (Å²) in [6.45, 7) is 2.60. The highest BCUT2D eigenvalue weighted by Crippen LogP contribution is 2.23. The largest absolute Gasteiger partial charge is 0.371 e. The summed E-state index contributed by atoms with van der Waals surface area (Å²) >= 11 is 1.69. The molecule has 1 fully saturated rings. The van der Waals surface area contributed by atoms with Crippen LogP contribution in [0.2, 0.25) is 0 Å². The molecule has 1 aliphatic heterocycles. The van der Waals surface area contributed by atoms with Crippen LogP contribution in [-0.4, -0.2) is 25.5 Å². The first-order valence-electron chi connectivity index (χ1n) is 8.00. The number of carbonyl (C=O) groups excluding carboxylic acids is 1. The zero-order valence-corrected chi connectivity index (χ0v) is 13.8. The summed E-state index contributed by atoms with van der Waals surface area (Å²) in [5, 5.41) is 5.08. The lowest BCUT2D eigenvalue weighted by atomic mass is 10.1. The number of aryl methyl sites for hydroxylation is 1. The predicted molar refractivity (Wildman–Crippen MR) is 92.4 cm³/mol. The number of nitrogens with zero attached hydrogens (tertiary/aromatic N) is 1. The zero-order chi connectivity index (χ0) is 16.1. The van der Waals surface area contributed by atoms with E-state index in [-0.39, 0.29) is 11.7 Å². The van der Waals surface area contributed by atoms with E-state index >= 15 is 0 Å². The topological polar surface area (TPSA) is 32.3 Å². The first kappa shape index (κ1) is 16.0. The van der Waals surface area contributed by atoms with Gasteiger partial charge in [-0.1, -0.05) is 6.07 Å². The van der Waals surface area contributed by atoms with Crippen LogP contribution in [0.4, 0.5) is 10.1 Å². The molecular weight excluding hydrogens is 311 g/mol. The molecule has 3 nitrogen and oxygen atoms in total. The molecule has 1 aromatic heterocycles. The van der Waals surface area contributed by atoms with Crippen molar-refractivity contribution in [1.29, 1.82) is 0 Å². The standard InChI is InChI=1S/C18H21FN2OS/c19-15-3-5-16(6-4-15)21-10-9-14(13-21)12-20-18(22)8-7-17-2-1-11-23-17/h1-6,11,14H,7-10,12-13H2,(H,20,22). The Hall–Kier alpha value is -1.88. The first-order valence-corrected chi connectivity index (χ1v) is 8.88. The molecule has 1 unspecified atom stereocenters. The monoisotopic (exact) mass is 332 g/mol. The molecule has 0 saturated carbocycles. The lowest BCUT2D eigenvalue weighted by Gasteiger charge is -2.18. The fraction of sp³-hybridized carbons (Fsp3) is 0.389. The molecule has 1 amide bonds. The molecule has 1 atom stereocenters. The second kappa shape index (κ2) is 7.59. The Balaban J connectivity index is 1.39. The molecule has 0 spiro atoms. The van der Waals surface area contributed by atoms with E-state index < -0.39 is 0 Å². The van der Waals surface area contributed by atoms with Crippen LogP contribution >= 0.6 is 11.3 Å². The average Bonchev–Trinajstić information content (AvgIpc) is 3.23. The fourth-order valence-electron chi connectivity index (χ4n) is 2.92. The van der Waals surface area contributed by atoms with Crippen molar-refractivity contribution in [3.05, 3.63) is 52.5 Å². The van der Waals surface area contributed by atoms with Gasteiger partial charge in [-0.05, 0) is 54.5 Å². The Morgan fingerprint density at radius 2 is 2.13 bits per heavy atom. The fourth-order valence-corrected chi connectivity index (χ4v) is 3.63. The number of thiophene rings is 1. The van der Waals surface area contributed by atoms with Crippen LogP contribution in [0.3, 0.4) is 0 Å². The Kier molecular flexibility index (Phi) is 5.28. The SMILES string of the molecule is O=C(CCc1cccs1)NCC1CCN(c2ccc(F)cc2)C1. The number of hydrogen-bond acceptors (Lipinski definition) is 3. The normalized spacial score (nSPS) is 17.4. The Bertz CT molecular complexity index is 627. The summed E-state index contributed by atoms with van der Waals surface area (Å²) in [7, 11) is 0. The highest BCUT2D eigenvalue weighted by molar-refractivity contribution is 7.09. The van der Waals surface area contributed by atoms with Gasteiger partial charge in [0, 0.05) is 36.6 Å². The number of nitrogens with one attached hydrogen (secondary N) is 1. The van der Waals surface area contributed by atoms with Crippen molar-refractivity contribution in [2.24, 2.45) is 5.92 Å². The van der Waals surface area contributed by atoms with E-state index in [1.54, 1.807) is 11.3 Å². The molecule has 2 heterocycles. The summed E-state index contributed by atoms with van der Waals surface area (Å²) < 4.78 is 13.0. The summed E-state index contributed by atoms with van der Waals surface area (Å²) in [5.41, 5.74) is 1.05. The number of amides is 1. The highest BCUT2D eigenvalue weighted by Gasteiger charge is 2.23. The van der Waals surface area contributed by atoms with Gasteiger partial charge in [-0.3, -0.25) is 4.79 Å². The maximum atomic E-state index is 13.0. The van der Waals surface area contributed by atoms with Crippen LogP contribution in [0.25, 0.3) is 0 Å². The molecule has 1 aliphatic rings. The van der Waals surface area contributed by atoms with E-state index in [0.29, 0.717) is 12.3 Å². The number of rotatable bonds is 6. The molecule has 0 bridgehead atoms. The van der Waals surface area contributed by atoms with Gasteiger partial charge in [-0.15, -0.1) is 11.3 Å². The number of halogens is 1. The van der Waals surface area contributed by atoms with Gasteiger partial charge < -0.3 is 10.2 Å². The molecule has 1 saturated heterocycles. The Morgan fingerprint density at radius 1 is 1.30 bits per heavy atom. The molecular formula is C18H21FN2OS. The number of anilines is 1. The maximum absolute atomic E-state index is 13.0. The summed E-state index contributed by atoms with van der Waals surface area (Å²) in [6.07, 6.45) is 2.42. The van der Waals surface area contributed by atoms with E-state index in [1.165, 1.54) is 17.0 Å². The molecule has 1 N–H and O–H groups in total. The molecule has 3 rings (SSSR count). The smallest absolute Gasteiger partial charge is 0.220 e. The van der Waals surface area contributed by atoms with Crippen LogP contribution in [-0.2, 0) is 11.2 Å². The van der Waals surface area contributed by atoms with Gasteiger partial charge in [-0.2, -0.15) is 0 Å². The van der Waals surface area contributed by atoms with E-state index in [0.717, 1.165) is 38.2 Å². The van der Waals surface area contributed by atoms with E-state index in [2.05, 4.69) is 16.3 Å². The minimum absolute atomic E-state index is 0.124. The van der Waals surface area contributed by atoms with Crippen LogP contribution in [0.15, 0.2) is 41.8 Å². The van der Waals surface area contributed by atoms with Gasteiger partial charge in [0.05, 0.1) is 0 Å². The van der Waals surface area contributed by atoms with Gasteiger partial charge in [-0.25, -0.2) is 4.39 Å². The molecule has 5 heteroatoms. The molecule has 0 aliphatic carbocycles.